The van der Waals surface area contributed by atoms with Gasteiger partial charge in [-0.25, -0.2) is 0 Å². The molecule has 4 heterocycles. The highest BCUT2D eigenvalue weighted by atomic mass is 16.7. The second kappa shape index (κ2) is 14.1. The molecule has 13 heteroatoms. The van der Waals surface area contributed by atoms with Gasteiger partial charge in [-0.05, 0) is 104 Å². The van der Waals surface area contributed by atoms with Crippen LogP contribution in [-0.2, 0) is 28.4 Å². The molecule has 4 saturated carbocycles. The number of ether oxygens (including phenoxy) is 6. The Kier molecular flexibility index (Phi) is 10.4. The molecule has 13 nitrogen and oxygen atoms in total. The minimum atomic E-state index is -1.72. The van der Waals surface area contributed by atoms with E-state index >= 15 is 0 Å². The van der Waals surface area contributed by atoms with Gasteiger partial charge in [0, 0.05) is 12.3 Å². The Morgan fingerprint density at radius 3 is 2.06 bits per heavy atom. The van der Waals surface area contributed by atoms with Crippen molar-refractivity contribution in [3.05, 3.63) is 0 Å². The third-order valence-electron chi connectivity index (χ3n) is 16.2. The van der Waals surface area contributed by atoms with Crippen molar-refractivity contribution < 1.29 is 64.2 Å². The van der Waals surface area contributed by atoms with Crippen LogP contribution in [0, 0.1) is 52.3 Å². The molecule has 0 bridgehead atoms. The van der Waals surface area contributed by atoms with Gasteiger partial charge >= 0.3 is 0 Å². The highest BCUT2D eigenvalue weighted by Gasteiger charge is 2.69. The van der Waals surface area contributed by atoms with Crippen molar-refractivity contribution >= 4 is 0 Å². The summed E-state index contributed by atoms with van der Waals surface area (Å²) in [6.07, 6.45) is -3.83. The Balaban J connectivity index is 0.917. The van der Waals surface area contributed by atoms with Crippen LogP contribution < -0.4 is 0 Å². The first-order chi connectivity index (χ1) is 24.7. The molecule has 0 radical (unpaired) electrons. The van der Waals surface area contributed by atoms with E-state index in [0.29, 0.717) is 41.4 Å². The van der Waals surface area contributed by atoms with Gasteiger partial charge in [0.2, 0.25) is 0 Å². The fourth-order valence-corrected chi connectivity index (χ4v) is 13.2. The standard InChI is InChI=1S/C39H64O13/c1-18-7-12-39(47-17-18)19(2)28-25(52-39)14-24-22-6-5-20-13-21(8-10-37(20,3)23(22)9-11-38(24,28)4)48-36-33(46)34(30(43)27(16-41)50-36)51-35-32(45)31(44)29(42)26(15-40)49-35/h18-36,40-46H,5-17H2,1-4H3/t18?,19-,20+,21-,22+,23-,24-,25-,26+,27+,28-,29+,30-,31-,32+,33+,34-,35-,36+,37-,38-,39+/m0/s1. The summed E-state index contributed by atoms with van der Waals surface area (Å²) in [6, 6.07) is 0. The molecule has 0 aromatic heterocycles. The first-order valence-corrected chi connectivity index (χ1v) is 20.3. The van der Waals surface area contributed by atoms with Crippen molar-refractivity contribution in [1.82, 2.24) is 0 Å². The van der Waals surface area contributed by atoms with Gasteiger partial charge in [0.15, 0.2) is 18.4 Å². The molecule has 1 unspecified atom stereocenters. The molecule has 8 rings (SSSR count). The highest BCUT2D eigenvalue weighted by Crippen LogP contribution is 2.71. The molecule has 298 valence electrons. The van der Waals surface area contributed by atoms with Crippen molar-refractivity contribution in [3.8, 4) is 0 Å². The van der Waals surface area contributed by atoms with E-state index in [2.05, 4.69) is 27.7 Å². The van der Waals surface area contributed by atoms with E-state index in [1.165, 1.54) is 25.7 Å². The SMILES string of the molecule is CC1CC[C@@]2(OC1)O[C@H]1C[C@H]3[C@@H]4CC[C@@H]5C[C@@H](O[C@@H]6O[C@H](CO)[C@H](O)[C@H](O[C@@H]7O[C@H](CO)[C@@H](O)[C@H](O)[C@H]7O)[C@H]6O)CC[C@]5(C)[C@H]4CC[C@]3(C)[C@H]1[C@@H]2C. The van der Waals surface area contributed by atoms with Gasteiger partial charge in [-0.1, -0.05) is 27.7 Å². The molecule has 4 aliphatic carbocycles. The van der Waals surface area contributed by atoms with Gasteiger partial charge in [0.1, 0.15) is 48.8 Å². The van der Waals surface area contributed by atoms with Crippen LogP contribution in [0.15, 0.2) is 0 Å². The molecule has 52 heavy (non-hydrogen) atoms. The van der Waals surface area contributed by atoms with Crippen LogP contribution in [0.1, 0.15) is 91.9 Å². The molecule has 8 aliphatic rings. The van der Waals surface area contributed by atoms with Crippen LogP contribution in [0.25, 0.3) is 0 Å². The van der Waals surface area contributed by atoms with E-state index in [4.69, 9.17) is 28.4 Å². The molecule has 8 fully saturated rings. The zero-order chi connectivity index (χ0) is 36.9. The first-order valence-electron chi connectivity index (χ1n) is 20.3. The summed E-state index contributed by atoms with van der Waals surface area (Å²) >= 11 is 0. The van der Waals surface area contributed by atoms with E-state index in [1.807, 2.05) is 0 Å². The lowest BCUT2D eigenvalue weighted by molar-refractivity contribution is -0.365. The van der Waals surface area contributed by atoms with Crippen molar-refractivity contribution in [3.63, 3.8) is 0 Å². The molecular weight excluding hydrogens is 676 g/mol. The quantitative estimate of drug-likeness (QED) is 0.194. The maximum absolute atomic E-state index is 11.4. The van der Waals surface area contributed by atoms with Crippen molar-refractivity contribution in [1.29, 1.82) is 0 Å². The molecule has 4 saturated heterocycles. The number of rotatable bonds is 6. The van der Waals surface area contributed by atoms with Crippen LogP contribution >= 0.6 is 0 Å². The lowest BCUT2D eigenvalue weighted by atomic mass is 9.44. The van der Waals surface area contributed by atoms with Crippen molar-refractivity contribution in [2.24, 2.45) is 52.3 Å². The Morgan fingerprint density at radius 2 is 1.37 bits per heavy atom. The number of aliphatic hydroxyl groups excluding tert-OH is 7. The summed E-state index contributed by atoms with van der Waals surface area (Å²) in [6.45, 7) is 9.32. The lowest BCUT2D eigenvalue weighted by Gasteiger charge is -2.61. The zero-order valence-corrected chi connectivity index (χ0v) is 31.2. The molecule has 1 spiro atoms. The van der Waals surface area contributed by atoms with E-state index in [-0.39, 0.29) is 23.0 Å². The van der Waals surface area contributed by atoms with Gasteiger partial charge < -0.3 is 64.2 Å². The van der Waals surface area contributed by atoms with E-state index in [0.717, 1.165) is 45.1 Å². The minimum absolute atomic E-state index is 0.183. The monoisotopic (exact) mass is 740 g/mol. The molecule has 0 amide bonds. The Hall–Kier alpha value is -0.520. The third kappa shape index (κ3) is 5.98. The smallest absolute Gasteiger partial charge is 0.187 e. The molecule has 4 aliphatic heterocycles. The predicted octanol–water partition coefficient (Wildman–Crippen LogP) is 1.44. The average molecular weight is 741 g/mol. The fraction of sp³-hybridized carbons (Fsp3) is 1.00. The molecule has 0 aromatic rings. The van der Waals surface area contributed by atoms with Crippen LogP contribution in [0.3, 0.4) is 0 Å². The van der Waals surface area contributed by atoms with E-state index in [9.17, 15) is 35.7 Å². The predicted molar refractivity (Wildman–Crippen MR) is 183 cm³/mol. The summed E-state index contributed by atoms with van der Waals surface area (Å²) in [7, 11) is 0. The lowest BCUT2D eigenvalue weighted by Crippen LogP contribution is -2.65. The van der Waals surface area contributed by atoms with Gasteiger partial charge in [0.05, 0.1) is 32.0 Å². The maximum atomic E-state index is 11.4. The second-order valence-corrected chi connectivity index (χ2v) is 18.7. The number of fused-ring (bicyclic) bond motifs is 7. The average Bonchev–Trinajstić information content (AvgIpc) is 3.58. The van der Waals surface area contributed by atoms with Crippen LogP contribution in [0.2, 0.25) is 0 Å². The van der Waals surface area contributed by atoms with Gasteiger partial charge in [-0.3, -0.25) is 0 Å². The molecule has 0 aromatic carbocycles. The highest BCUT2D eigenvalue weighted by molar-refractivity contribution is 5.15. The normalized spacial score (nSPS) is 59.0. The first kappa shape index (κ1) is 38.4. The summed E-state index contributed by atoms with van der Waals surface area (Å²) in [5.41, 5.74) is 0.448. The van der Waals surface area contributed by atoms with Gasteiger partial charge in [0.25, 0.3) is 0 Å². The van der Waals surface area contributed by atoms with E-state index < -0.39 is 80.4 Å². The summed E-state index contributed by atoms with van der Waals surface area (Å²) in [4.78, 5) is 0. The minimum Gasteiger partial charge on any atom is -0.394 e. The molecular formula is C39H64O13. The summed E-state index contributed by atoms with van der Waals surface area (Å²) in [5, 5.41) is 73.0. The fourth-order valence-electron chi connectivity index (χ4n) is 13.2. The van der Waals surface area contributed by atoms with Crippen LogP contribution in [-0.4, -0.2) is 135 Å². The van der Waals surface area contributed by atoms with Gasteiger partial charge in [-0.15, -0.1) is 0 Å². The van der Waals surface area contributed by atoms with Crippen LogP contribution in [0.4, 0.5) is 0 Å². The Bertz CT molecular complexity index is 1260. The summed E-state index contributed by atoms with van der Waals surface area (Å²) in [5.74, 6) is 3.57. The maximum Gasteiger partial charge on any atom is 0.187 e. The number of hydrogen-bond acceptors (Lipinski definition) is 13. The number of hydrogen-bond donors (Lipinski definition) is 7. The van der Waals surface area contributed by atoms with Crippen molar-refractivity contribution in [2.45, 2.75) is 171 Å². The second-order valence-electron chi connectivity index (χ2n) is 18.7. The van der Waals surface area contributed by atoms with E-state index in [1.54, 1.807) is 0 Å². The van der Waals surface area contributed by atoms with Crippen LogP contribution in [0.5, 0.6) is 0 Å². The third-order valence-corrected chi connectivity index (χ3v) is 16.2. The largest absolute Gasteiger partial charge is 0.394 e. The zero-order valence-electron chi connectivity index (χ0n) is 31.2. The summed E-state index contributed by atoms with van der Waals surface area (Å²) < 4.78 is 37.1. The molecule has 7 N–H and O–H groups in total. The molecule has 22 atom stereocenters. The number of aliphatic hydroxyl groups is 7. The Labute approximate surface area is 307 Å². The van der Waals surface area contributed by atoms with Crippen molar-refractivity contribution in [2.75, 3.05) is 19.8 Å². The topological polar surface area (TPSA) is 197 Å². The van der Waals surface area contributed by atoms with Gasteiger partial charge in [-0.2, -0.15) is 0 Å². The Morgan fingerprint density at radius 1 is 0.673 bits per heavy atom.